The second-order valence-corrected chi connectivity index (χ2v) is 6.54. The summed E-state index contributed by atoms with van der Waals surface area (Å²) < 4.78 is 0. The van der Waals surface area contributed by atoms with Crippen LogP contribution in [0.2, 0.25) is 0 Å². The van der Waals surface area contributed by atoms with Crippen molar-refractivity contribution in [1.29, 1.82) is 0 Å². The zero-order valence-corrected chi connectivity index (χ0v) is 13.8. The van der Waals surface area contributed by atoms with E-state index >= 15 is 0 Å². The van der Waals surface area contributed by atoms with E-state index in [0.29, 0.717) is 12.5 Å². The topological polar surface area (TPSA) is 42.0 Å². The Morgan fingerprint density at radius 3 is 2.75 bits per heavy atom. The highest BCUT2D eigenvalue weighted by Crippen LogP contribution is 2.30. The lowest BCUT2D eigenvalue weighted by atomic mass is 9.96. The van der Waals surface area contributed by atoms with Crippen molar-refractivity contribution in [2.75, 3.05) is 0 Å². The maximum absolute atomic E-state index is 12.0. The first-order valence-corrected chi connectivity index (χ1v) is 8.44. The first-order valence-electron chi connectivity index (χ1n) is 8.44. The second-order valence-electron chi connectivity index (χ2n) is 6.54. The Balaban J connectivity index is 1.68. The maximum Gasteiger partial charge on any atom is 0.224 e. The monoisotopic (exact) mass is 316 g/mol. The zero-order chi connectivity index (χ0) is 16.5. The van der Waals surface area contributed by atoms with E-state index in [1.54, 1.807) is 0 Å². The molecule has 3 aromatic rings. The molecule has 3 nitrogen and oxygen atoms in total. The van der Waals surface area contributed by atoms with Crippen LogP contribution in [0.4, 0.5) is 0 Å². The SMILES string of the molecule is Cc1ccccc1-c1ccnc2cc(CC(=O)NC3CC3)ccc12. The van der Waals surface area contributed by atoms with Gasteiger partial charge in [-0.1, -0.05) is 36.4 Å². The van der Waals surface area contributed by atoms with Crippen LogP contribution in [0.25, 0.3) is 22.0 Å². The number of amides is 1. The van der Waals surface area contributed by atoms with E-state index in [9.17, 15) is 4.79 Å². The number of benzene rings is 2. The summed E-state index contributed by atoms with van der Waals surface area (Å²) in [5.74, 6) is 0.104. The summed E-state index contributed by atoms with van der Waals surface area (Å²) in [5, 5.41) is 4.16. The Kier molecular flexibility index (Phi) is 3.77. The number of hydrogen-bond acceptors (Lipinski definition) is 2. The van der Waals surface area contributed by atoms with Gasteiger partial charge in [-0.05, 0) is 54.2 Å². The largest absolute Gasteiger partial charge is 0.353 e. The van der Waals surface area contributed by atoms with Gasteiger partial charge in [-0.3, -0.25) is 9.78 Å². The third kappa shape index (κ3) is 3.02. The molecule has 1 aliphatic rings. The normalized spacial score (nSPS) is 13.9. The fourth-order valence-corrected chi connectivity index (χ4v) is 3.11. The van der Waals surface area contributed by atoms with Gasteiger partial charge in [0.15, 0.2) is 0 Å². The average molecular weight is 316 g/mol. The van der Waals surface area contributed by atoms with Gasteiger partial charge in [0.2, 0.25) is 5.91 Å². The van der Waals surface area contributed by atoms with Crippen molar-refractivity contribution in [2.24, 2.45) is 0 Å². The van der Waals surface area contributed by atoms with Gasteiger partial charge in [-0.25, -0.2) is 0 Å². The minimum Gasteiger partial charge on any atom is -0.353 e. The number of pyridine rings is 1. The van der Waals surface area contributed by atoms with Crippen LogP contribution < -0.4 is 5.32 Å². The van der Waals surface area contributed by atoms with Crippen molar-refractivity contribution in [2.45, 2.75) is 32.2 Å². The van der Waals surface area contributed by atoms with Gasteiger partial charge in [-0.2, -0.15) is 0 Å². The van der Waals surface area contributed by atoms with E-state index in [0.717, 1.165) is 29.3 Å². The van der Waals surface area contributed by atoms with Gasteiger partial charge in [0.05, 0.1) is 11.9 Å². The van der Waals surface area contributed by atoms with Crippen molar-refractivity contribution < 1.29 is 4.79 Å². The lowest BCUT2D eigenvalue weighted by molar-refractivity contribution is -0.120. The number of aryl methyl sites for hydroxylation is 1. The summed E-state index contributed by atoms with van der Waals surface area (Å²) in [6, 6.07) is 17.0. The molecule has 24 heavy (non-hydrogen) atoms. The van der Waals surface area contributed by atoms with Crippen molar-refractivity contribution in [3.05, 3.63) is 65.9 Å². The van der Waals surface area contributed by atoms with E-state index in [1.165, 1.54) is 16.7 Å². The van der Waals surface area contributed by atoms with Crippen LogP contribution >= 0.6 is 0 Å². The number of nitrogens with one attached hydrogen (secondary N) is 1. The minimum absolute atomic E-state index is 0.104. The van der Waals surface area contributed by atoms with Crippen molar-refractivity contribution in [1.82, 2.24) is 10.3 Å². The molecule has 1 heterocycles. The lowest BCUT2D eigenvalue weighted by Crippen LogP contribution is -2.26. The quantitative estimate of drug-likeness (QED) is 0.789. The Morgan fingerprint density at radius 2 is 1.96 bits per heavy atom. The maximum atomic E-state index is 12.0. The fourth-order valence-electron chi connectivity index (χ4n) is 3.11. The molecule has 1 aliphatic carbocycles. The zero-order valence-electron chi connectivity index (χ0n) is 13.8. The molecule has 1 N–H and O–H groups in total. The highest BCUT2D eigenvalue weighted by Gasteiger charge is 2.23. The number of fused-ring (bicyclic) bond motifs is 1. The van der Waals surface area contributed by atoms with Gasteiger partial charge in [-0.15, -0.1) is 0 Å². The fraction of sp³-hybridized carbons (Fsp3) is 0.238. The number of nitrogens with zero attached hydrogens (tertiary/aromatic N) is 1. The summed E-state index contributed by atoms with van der Waals surface area (Å²) in [6.07, 6.45) is 4.50. The smallest absolute Gasteiger partial charge is 0.224 e. The Hall–Kier alpha value is -2.68. The van der Waals surface area contributed by atoms with Crippen LogP contribution in [-0.2, 0) is 11.2 Å². The molecular formula is C21H20N2O. The molecule has 1 aromatic heterocycles. The summed E-state index contributed by atoms with van der Waals surface area (Å²) in [7, 11) is 0. The number of carbonyl (C=O) groups is 1. The first-order chi connectivity index (χ1) is 11.7. The van der Waals surface area contributed by atoms with Crippen LogP contribution in [0.3, 0.4) is 0 Å². The number of carbonyl (C=O) groups excluding carboxylic acids is 1. The predicted octanol–water partition coefficient (Wildman–Crippen LogP) is 4.03. The summed E-state index contributed by atoms with van der Waals surface area (Å²) in [5.41, 5.74) is 5.61. The number of hydrogen-bond donors (Lipinski definition) is 1. The van der Waals surface area contributed by atoms with Crippen molar-refractivity contribution in [3.8, 4) is 11.1 Å². The van der Waals surface area contributed by atoms with E-state index in [4.69, 9.17) is 0 Å². The first kappa shape index (κ1) is 14.9. The van der Waals surface area contributed by atoms with Crippen molar-refractivity contribution in [3.63, 3.8) is 0 Å². The van der Waals surface area contributed by atoms with Crippen LogP contribution in [0.1, 0.15) is 24.0 Å². The van der Waals surface area contributed by atoms with Gasteiger partial charge in [0.1, 0.15) is 0 Å². The highest BCUT2D eigenvalue weighted by molar-refractivity contribution is 5.95. The highest BCUT2D eigenvalue weighted by atomic mass is 16.1. The third-order valence-corrected chi connectivity index (χ3v) is 4.55. The predicted molar refractivity (Wildman–Crippen MR) is 96.8 cm³/mol. The summed E-state index contributed by atoms with van der Waals surface area (Å²) in [6.45, 7) is 2.12. The summed E-state index contributed by atoms with van der Waals surface area (Å²) >= 11 is 0. The van der Waals surface area contributed by atoms with Gasteiger partial charge in [0.25, 0.3) is 0 Å². The molecule has 4 rings (SSSR count). The Morgan fingerprint density at radius 1 is 1.12 bits per heavy atom. The molecule has 3 heteroatoms. The van der Waals surface area contributed by atoms with Gasteiger partial charge in [0, 0.05) is 17.6 Å². The molecule has 1 amide bonds. The molecule has 0 radical (unpaired) electrons. The third-order valence-electron chi connectivity index (χ3n) is 4.55. The van der Waals surface area contributed by atoms with E-state index in [2.05, 4.69) is 53.6 Å². The number of rotatable bonds is 4. The molecule has 0 bridgehead atoms. The molecule has 0 atom stereocenters. The molecule has 0 unspecified atom stereocenters. The Labute approximate surface area is 141 Å². The van der Waals surface area contributed by atoms with E-state index < -0.39 is 0 Å². The van der Waals surface area contributed by atoms with Crippen molar-refractivity contribution >= 4 is 16.8 Å². The number of aromatic nitrogens is 1. The second kappa shape index (κ2) is 6.08. The Bertz CT molecular complexity index is 913. The molecule has 120 valence electrons. The molecule has 2 aromatic carbocycles. The van der Waals surface area contributed by atoms with Crippen LogP contribution in [0.15, 0.2) is 54.7 Å². The molecule has 0 saturated heterocycles. The summed E-state index contributed by atoms with van der Waals surface area (Å²) in [4.78, 5) is 16.5. The van der Waals surface area contributed by atoms with Gasteiger partial charge < -0.3 is 5.32 Å². The molecule has 1 saturated carbocycles. The lowest BCUT2D eigenvalue weighted by Gasteiger charge is -2.10. The van der Waals surface area contributed by atoms with Crippen LogP contribution in [-0.4, -0.2) is 16.9 Å². The molecule has 0 aliphatic heterocycles. The van der Waals surface area contributed by atoms with Crippen LogP contribution in [0.5, 0.6) is 0 Å². The minimum atomic E-state index is 0.104. The van der Waals surface area contributed by atoms with E-state index in [1.807, 2.05) is 18.3 Å². The van der Waals surface area contributed by atoms with Gasteiger partial charge >= 0.3 is 0 Å². The van der Waals surface area contributed by atoms with Crippen LogP contribution in [0, 0.1) is 6.92 Å². The van der Waals surface area contributed by atoms with E-state index in [-0.39, 0.29) is 5.91 Å². The standard InChI is InChI=1S/C21H20N2O/c1-14-4-2-3-5-17(14)18-10-11-22-20-12-15(6-9-19(18)20)13-21(24)23-16-7-8-16/h2-6,9-12,16H,7-8,13H2,1H3,(H,23,24). The molecular weight excluding hydrogens is 296 g/mol. The molecule has 1 fully saturated rings. The molecule has 0 spiro atoms. The average Bonchev–Trinajstić information content (AvgIpc) is 3.38.